The maximum Gasteiger partial charge on any atom is 0.133 e. The van der Waals surface area contributed by atoms with Crippen molar-refractivity contribution in [1.29, 1.82) is 0 Å². The van der Waals surface area contributed by atoms with Gasteiger partial charge in [-0.3, -0.25) is 9.69 Å². The van der Waals surface area contributed by atoms with Gasteiger partial charge in [0, 0.05) is 31.2 Å². The topological polar surface area (TPSA) is 20.3 Å². The first-order valence-electron chi connectivity index (χ1n) is 6.68. The van der Waals surface area contributed by atoms with Gasteiger partial charge in [0.05, 0.1) is 0 Å². The summed E-state index contributed by atoms with van der Waals surface area (Å²) in [5, 5.41) is 0. The molecule has 0 radical (unpaired) electrons. The number of hydrogen-bond donors (Lipinski definition) is 0. The Kier molecular flexibility index (Phi) is 4.69. The molecule has 1 heterocycles. The second-order valence-corrected chi connectivity index (χ2v) is 6.11. The number of thioether (sulfide) groups is 1. The summed E-state index contributed by atoms with van der Waals surface area (Å²) in [6, 6.07) is 0.637. The Labute approximate surface area is 109 Å². The van der Waals surface area contributed by atoms with Gasteiger partial charge in [-0.15, -0.1) is 0 Å². The standard InChI is InChI=1S/C14H23NOS/c1-3-6-15-9-11(10-17-2)7-12-8-13(16)4-5-14(12)15/h7,12,14H,3-6,8-10H2,1-2H3. The molecule has 0 N–H and O–H groups in total. The van der Waals surface area contributed by atoms with Crippen LogP contribution in [0.3, 0.4) is 0 Å². The van der Waals surface area contributed by atoms with E-state index >= 15 is 0 Å². The molecule has 0 aromatic carbocycles. The fourth-order valence-corrected chi connectivity index (χ4v) is 3.75. The van der Waals surface area contributed by atoms with Crippen molar-refractivity contribution < 1.29 is 4.79 Å². The summed E-state index contributed by atoms with van der Waals surface area (Å²) in [5.41, 5.74) is 1.53. The zero-order valence-corrected chi connectivity index (χ0v) is 11.8. The number of Topliss-reactive ketones (excluding diaryl/α,β-unsaturated/α-hetero) is 1. The van der Waals surface area contributed by atoms with Crippen molar-refractivity contribution >= 4 is 17.5 Å². The SMILES string of the molecule is CCCN1CC(CSC)=CC2CC(=O)CCC21. The lowest BCUT2D eigenvalue weighted by Crippen LogP contribution is -2.48. The van der Waals surface area contributed by atoms with E-state index in [2.05, 4.69) is 24.2 Å². The van der Waals surface area contributed by atoms with Crippen LogP contribution in [0.15, 0.2) is 11.6 Å². The fourth-order valence-electron chi connectivity index (χ4n) is 3.19. The predicted octanol–water partition coefficient (Wildman–Crippen LogP) is 2.74. The second-order valence-electron chi connectivity index (χ2n) is 5.24. The number of hydrogen-bond acceptors (Lipinski definition) is 3. The first kappa shape index (κ1) is 13.2. The average molecular weight is 253 g/mol. The number of ketones is 1. The van der Waals surface area contributed by atoms with Crippen LogP contribution in [0, 0.1) is 5.92 Å². The third kappa shape index (κ3) is 3.14. The molecule has 0 aromatic heterocycles. The minimum Gasteiger partial charge on any atom is -0.300 e. The minimum atomic E-state index is 0.462. The van der Waals surface area contributed by atoms with Gasteiger partial charge in [-0.05, 0) is 37.1 Å². The van der Waals surface area contributed by atoms with Crippen LogP contribution in [0.1, 0.15) is 32.6 Å². The third-order valence-electron chi connectivity index (χ3n) is 3.84. The Morgan fingerprint density at radius 2 is 2.35 bits per heavy atom. The molecule has 0 bridgehead atoms. The fraction of sp³-hybridized carbons (Fsp3) is 0.786. The molecule has 1 aliphatic heterocycles. The summed E-state index contributed by atoms with van der Waals surface area (Å²) in [4.78, 5) is 14.2. The van der Waals surface area contributed by atoms with Gasteiger partial charge in [0.2, 0.25) is 0 Å². The van der Waals surface area contributed by atoms with E-state index in [9.17, 15) is 4.79 Å². The molecule has 17 heavy (non-hydrogen) atoms. The third-order valence-corrected chi connectivity index (χ3v) is 4.50. The number of carbonyl (C=O) groups excluding carboxylic acids is 1. The average Bonchev–Trinajstić information content (AvgIpc) is 2.29. The molecule has 0 spiro atoms. The van der Waals surface area contributed by atoms with Crippen molar-refractivity contribution in [2.75, 3.05) is 25.1 Å². The smallest absolute Gasteiger partial charge is 0.133 e. The Morgan fingerprint density at radius 3 is 3.06 bits per heavy atom. The molecule has 96 valence electrons. The summed E-state index contributed by atoms with van der Waals surface area (Å²) >= 11 is 1.89. The monoisotopic (exact) mass is 253 g/mol. The molecule has 0 saturated heterocycles. The van der Waals surface area contributed by atoms with Crippen molar-refractivity contribution in [1.82, 2.24) is 4.90 Å². The van der Waals surface area contributed by atoms with Crippen molar-refractivity contribution in [3.63, 3.8) is 0 Å². The lowest BCUT2D eigenvalue weighted by molar-refractivity contribution is -0.122. The van der Waals surface area contributed by atoms with Crippen LogP contribution >= 0.6 is 11.8 Å². The number of carbonyl (C=O) groups is 1. The zero-order valence-electron chi connectivity index (χ0n) is 10.9. The Morgan fingerprint density at radius 1 is 1.53 bits per heavy atom. The summed E-state index contributed by atoms with van der Waals surface area (Å²) in [6.07, 6.45) is 8.43. The van der Waals surface area contributed by atoms with E-state index in [1.807, 2.05) is 11.8 Å². The Hall–Kier alpha value is -0.280. The van der Waals surface area contributed by atoms with Gasteiger partial charge in [-0.1, -0.05) is 13.0 Å². The van der Waals surface area contributed by atoms with Gasteiger partial charge < -0.3 is 0 Å². The van der Waals surface area contributed by atoms with E-state index in [0.717, 1.165) is 31.6 Å². The van der Waals surface area contributed by atoms with Gasteiger partial charge >= 0.3 is 0 Å². The number of rotatable bonds is 4. The predicted molar refractivity (Wildman–Crippen MR) is 74.5 cm³/mol. The van der Waals surface area contributed by atoms with E-state index in [-0.39, 0.29) is 0 Å². The highest BCUT2D eigenvalue weighted by Crippen LogP contribution is 2.33. The quantitative estimate of drug-likeness (QED) is 0.719. The molecular formula is C14H23NOS. The van der Waals surface area contributed by atoms with Crippen molar-refractivity contribution in [2.45, 2.75) is 38.6 Å². The Bertz CT molecular complexity index is 313. The van der Waals surface area contributed by atoms with E-state index in [4.69, 9.17) is 0 Å². The van der Waals surface area contributed by atoms with Gasteiger partial charge in [-0.2, -0.15) is 11.8 Å². The van der Waals surface area contributed by atoms with Crippen molar-refractivity contribution in [2.24, 2.45) is 5.92 Å². The molecule has 1 aliphatic carbocycles. The maximum absolute atomic E-state index is 11.6. The molecule has 0 amide bonds. The normalized spacial score (nSPS) is 30.0. The molecule has 0 aromatic rings. The van der Waals surface area contributed by atoms with E-state index in [0.29, 0.717) is 17.7 Å². The highest BCUT2D eigenvalue weighted by Gasteiger charge is 2.35. The molecule has 2 rings (SSSR count). The summed E-state index contributed by atoms with van der Waals surface area (Å²) in [6.45, 7) is 4.56. The van der Waals surface area contributed by atoms with E-state index in [1.54, 1.807) is 0 Å². The first-order valence-corrected chi connectivity index (χ1v) is 8.08. The van der Waals surface area contributed by atoms with Crippen LogP contribution in [-0.4, -0.2) is 41.8 Å². The van der Waals surface area contributed by atoms with E-state index in [1.165, 1.54) is 18.5 Å². The summed E-state index contributed by atoms with van der Waals surface area (Å²) in [5.74, 6) is 2.08. The minimum absolute atomic E-state index is 0.462. The lowest BCUT2D eigenvalue weighted by atomic mass is 9.79. The first-order chi connectivity index (χ1) is 8.24. The molecule has 3 heteroatoms. The molecule has 1 fully saturated rings. The van der Waals surface area contributed by atoms with Gasteiger partial charge in [-0.25, -0.2) is 0 Å². The molecule has 2 nitrogen and oxygen atoms in total. The highest BCUT2D eigenvalue weighted by atomic mass is 32.2. The molecule has 2 aliphatic rings. The second kappa shape index (κ2) is 6.05. The largest absolute Gasteiger partial charge is 0.300 e. The molecular weight excluding hydrogens is 230 g/mol. The van der Waals surface area contributed by atoms with Gasteiger partial charge in [0.15, 0.2) is 0 Å². The zero-order chi connectivity index (χ0) is 12.3. The summed E-state index contributed by atoms with van der Waals surface area (Å²) < 4.78 is 0. The molecule has 2 atom stereocenters. The van der Waals surface area contributed by atoms with Crippen LogP contribution in [0.5, 0.6) is 0 Å². The maximum atomic E-state index is 11.6. The van der Waals surface area contributed by atoms with Crippen LogP contribution < -0.4 is 0 Å². The van der Waals surface area contributed by atoms with Crippen LogP contribution in [0.25, 0.3) is 0 Å². The van der Waals surface area contributed by atoms with Gasteiger partial charge in [0.25, 0.3) is 0 Å². The Balaban J connectivity index is 2.11. The van der Waals surface area contributed by atoms with Crippen molar-refractivity contribution in [3.05, 3.63) is 11.6 Å². The molecule has 2 unspecified atom stereocenters. The van der Waals surface area contributed by atoms with Crippen molar-refractivity contribution in [3.8, 4) is 0 Å². The van der Waals surface area contributed by atoms with Crippen LogP contribution in [-0.2, 0) is 4.79 Å². The summed E-state index contributed by atoms with van der Waals surface area (Å²) in [7, 11) is 0. The van der Waals surface area contributed by atoms with Crippen LogP contribution in [0.2, 0.25) is 0 Å². The molecule has 1 saturated carbocycles. The van der Waals surface area contributed by atoms with Gasteiger partial charge in [0.1, 0.15) is 5.78 Å². The number of nitrogens with zero attached hydrogens (tertiary/aromatic N) is 1. The highest BCUT2D eigenvalue weighted by molar-refractivity contribution is 7.98. The number of fused-ring (bicyclic) bond motifs is 1. The van der Waals surface area contributed by atoms with Crippen LogP contribution in [0.4, 0.5) is 0 Å². The lowest BCUT2D eigenvalue weighted by Gasteiger charge is -2.42. The van der Waals surface area contributed by atoms with E-state index < -0.39 is 0 Å².